The predicted octanol–water partition coefficient (Wildman–Crippen LogP) is 3.67. The predicted molar refractivity (Wildman–Crippen MR) is 120 cm³/mol. The van der Waals surface area contributed by atoms with Crippen LogP contribution in [0.15, 0.2) is 47.0 Å². The van der Waals surface area contributed by atoms with Crippen molar-refractivity contribution in [2.45, 2.75) is 25.9 Å². The largest absolute Gasteiger partial charge is 0.493 e. The fourth-order valence-electron chi connectivity index (χ4n) is 2.72. The first kappa shape index (κ1) is 19.9. The number of thiazole rings is 1. The zero-order valence-corrected chi connectivity index (χ0v) is 18.4. The molecular formula is C19H24IN5OS. The van der Waals surface area contributed by atoms with Crippen LogP contribution in [0.5, 0.6) is 5.75 Å². The van der Waals surface area contributed by atoms with Crippen molar-refractivity contribution >= 4 is 46.2 Å². The Labute approximate surface area is 180 Å². The number of benzene rings is 1. The zero-order valence-electron chi connectivity index (χ0n) is 15.2. The molecule has 1 aliphatic carbocycles. The van der Waals surface area contributed by atoms with Gasteiger partial charge in [-0.3, -0.25) is 9.39 Å². The van der Waals surface area contributed by atoms with Crippen molar-refractivity contribution in [1.82, 2.24) is 20.0 Å². The maximum Gasteiger partial charge on any atom is 0.193 e. The zero-order chi connectivity index (χ0) is 17.8. The first-order chi connectivity index (χ1) is 12.8. The molecule has 0 atom stereocenters. The number of imidazole rings is 1. The van der Waals surface area contributed by atoms with Gasteiger partial charge in [0.1, 0.15) is 5.75 Å². The minimum atomic E-state index is 0. The van der Waals surface area contributed by atoms with Gasteiger partial charge in [0.15, 0.2) is 10.9 Å². The van der Waals surface area contributed by atoms with Gasteiger partial charge in [0.25, 0.3) is 0 Å². The normalized spacial score (nSPS) is 14.0. The van der Waals surface area contributed by atoms with E-state index in [-0.39, 0.29) is 24.0 Å². The summed E-state index contributed by atoms with van der Waals surface area (Å²) in [6, 6.07) is 8.18. The molecule has 1 aliphatic rings. The van der Waals surface area contributed by atoms with Gasteiger partial charge in [0.2, 0.25) is 0 Å². The van der Waals surface area contributed by atoms with Crippen LogP contribution in [0, 0.1) is 5.92 Å². The van der Waals surface area contributed by atoms with Crippen LogP contribution in [0.3, 0.4) is 0 Å². The molecule has 1 aromatic carbocycles. The summed E-state index contributed by atoms with van der Waals surface area (Å²) in [5.41, 5.74) is 2.13. The van der Waals surface area contributed by atoms with Crippen molar-refractivity contribution < 1.29 is 4.74 Å². The Morgan fingerprint density at radius 3 is 2.89 bits per heavy atom. The number of nitrogens with one attached hydrogen (secondary N) is 2. The van der Waals surface area contributed by atoms with Gasteiger partial charge in [-0.05, 0) is 24.8 Å². The molecule has 1 saturated carbocycles. The van der Waals surface area contributed by atoms with Crippen LogP contribution < -0.4 is 15.4 Å². The van der Waals surface area contributed by atoms with Crippen LogP contribution in [-0.4, -0.2) is 29.0 Å². The number of hydrogen-bond donors (Lipinski definition) is 2. The van der Waals surface area contributed by atoms with Gasteiger partial charge in [0, 0.05) is 36.9 Å². The van der Waals surface area contributed by atoms with E-state index in [1.807, 2.05) is 40.4 Å². The molecule has 0 spiro atoms. The van der Waals surface area contributed by atoms with Crippen LogP contribution >= 0.6 is 35.3 Å². The highest BCUT2D eigenvalue weighted by Crippen LogP contribution is 2.30. The van der Waals surface area contributed by atoms with Gasteiger partial charge < -0.3 is 15.4 Å². The van der Waals surface area contributed by atoms with Crippen molar-refractivity contribution in [2.75, 3.05) is 13.7 Å². The molecule has 1 fully saturated rings. The molecule has 0 bridgehead atoms. The summed E-state index contributed by atoms with van der Waals surface area (Å²) in [6.07, 6.45) is 6.64. The molecule has 27 heavy (non-hydrogen) atoms. The van der Waals surface area contributed by atoms with E-state index in [0.717, 1.165) is 40.5 Å². The number of fused-ring (bicyclic) bond motifs is 1. The van der Waals surface area contributed by atoms with Crippen molar-refractivity contribution in [3.05, 3.63) is 53.3 Å². The highest BCUT2D eigenvalue weighted by Gasteiger charge is 2.22. The van der Waals surface area contributed by atoms with Crippen LogP contribution in [-0.2, 0) is 13.1 Å². The van der Waals surface area contributed by atoms with Crippen molar-refractivity contribution in [3.8, 4) is 5.75 Å². The molecule has 6 nitrogen and oxygen atoms in total. The van der Waals surface area contributed by atoms with Gasteiger partial charge in [0.05, 0.1) is 18.8 Å². The number of ether oxygens (including phenoxy) is 1. The number of halogens is 1. The second kappa shape index (κ2) is 9.41. The molecule has 0 amide bonds. The second-order valence-corrected chi connectivity index (χ2v) is 7.34. The Balaban J connectivity index is 0.00000210. The highest BCUT2D eigenvalue weighted by atomic mass is 127. The summed E-state index contributed by atoms with van der Waals surface area (Å²) in [5.74, 6) is 2.45. The SMILES string of the molecule is CN=C(NCc1cn2ccsc2n1)NCc1ccccc1OCC1CC1.I. The van der Waals surface area contributed by atoms with E-state index < -0.39 is 0 Å². The average molecular weight is 497 g/mol. The standard InChI is InChI=1S/C19H23N5OS.HI/c1-20-18(22-11-16-12-24-8-9-26-19(24)23-16)21-10-15-4-2-3-5-17(15)25-13-14-6-7-14;/h2-5,8-9,12,14H,6-7,10-11,13H2,1H3,(H2,20,21,22);1H. The van der Waals surface area contributed by atoms with Gasteiger partial charge >= 0.3 is 0 Å². The van der Waals surface area contributed by atoms with Gasteiger partial charge in [-0.15, -0.1) is 35.3 Å². The van der Waals surface area contributed by atoms with E-state index in [2.05, 4.69) is 26.7 Å². The lowest BCUT2D eigenvalue weighted by Gasteiger charge is -2.14. The molecule has 0 aliphatic heterocycles. The molecule has 8 heteroatoms. The summed E-state index contributed by atoms with van der Waals surface area (Å²) in [4.78, 5) is 9.88. The molecular weight excluding hydrogens is 473 g/mol. The van der Waals surface area contributed by atoms with Crippen molar-refractivity contribution in [3.63, 3.8) is 0 Å². The number of nitrogens with zero attached hydrogens (tertiary/aromatic N) is 3. The molecule has 0 unspecified atom stereocenters. The average Bonchev–Trinajstić information content (AvgIpc) is 3.26. The fraction of sp³-hybridized carbons (Fsp3) is 0.368. The number of hydrogen-bond acceptors (Lipinski definition) is 4. The highest BCUT2D eigenvalue weighted by molar-refractivity contribution is 14.0. The van der Waals surface area contributed by atoms with E-state index in [1.165, 1.54) is 12.8 Å². The van der Waals surface area contributed by atoms with E-state index in [9.17, 15) is 0 Å². The number of para-hydroxylation sites is 1. The van der Waals surface area contributed by atoms with Crippen LogP contribution in [0.4, 0.5) is 0 Å². The van der Waals surface area contributed by atoms with Gasteiger partial charge in [-0.1, -0.05) is 18.2 Å². The summed E-state index contributed by atoms with van der Waals surface area (Å²) >= 11 is 1.63. The third kappa shape index (κ3) is 5.35. The quantitative estimate of drug-likeness (QED) is 0.297. The number of aliphatic imine (C=N–C) groups is 1. The summed E-state index contributed by atoms with van der Waals surface area (Å²) in [6.45, 7) is 2.12. The third-order valence-corrected chi connectivity index (χ3v) is 5.16. The molecule has 2 N–H and O–H groups in total. The van der Waals surface area contributed by atoms with E-state index >= 15 is 0 Å². The lowest BCUT2D eigenvalue weighted by Crippen LogP contribution is -2.36. The first-order valence-electron chi connectivity index (χ1n) is 8.88. The maximum absolute atomic E-state index is 5.97. The Hall–Kier alpha value is -1.81. The Morgan fingerprint density at radius 1 is 1.30 bits per heavy atom. The lowest BCUT2D eigenvalue weighted by atomic mass is 10.2. The first-order valence-corrected chi connectivity index (χ1v) is 9.76. The minimum Gasteiger partial charge on any atom is -0.493 e. The van der Waals surface area contributed by atoms with Gasteiger partial charge in [-0.25, -0.2) is 4.98 Å². The van der Waals surface area contributed by atoms with Crippen molar-refractivity contribution in [2.24, 2.45) is 10.9 Å². The number of guanidine groups is 1. The van der Waals surface area contributed by atoms with Crippen LogP contribution in [0.1, 0.15) is 24.1 Å². The minimum absolute atomic E-state index is 0. The number of aromatic nitrogens is 2. The summed E-state index contributed by atoms with van der Waals surface area (Å²) in [5, 5.41) is 8.70. The van der Waals surface area contributed by atoms with Crippen LogP contribution in [0.25, 0.3) is 4.96 Å². The third-order valence-electron chi connectivity index (χ3n) is 4.39. The topological polar surface area (TPSA) is 63.0 Å². The smallest absolute Gasteiger partial charge is 0.193 e. The molecule has 2 heterocycles. The molecule has 0 radical (unpaired) electrons. The Morgan fingerprint density at radius 2 is 2.11 bits per heavy atom. The van der Waals surface area contributed by atoms with E-state index in [1.54, 1.807) is 18.4 Å². The van der Waals surface area contributed by atoms with E-state index in [0.29, 0.717) is 13.1 Å². The molecule has 0 saturated heterocycles. The van der Waals surface area contributed by atoms with Crippen molar-refractivity contribution in [1.29, 1.82) is 0 Å². The molecule has 3 aromatic rings. The van der Waals surface area contributed by atoms with Gasteiger partial charge in [-0.2, -0.15) is 0 Å². The summed E-state index contributed by atoms with van der Waals surface area (Å²) < 4.78 is 8.00. The Kier molecular flexibility index (Phi) is 6.95. The number of rotatable bonds is 7. The summed E-state index contributed by atoms with van der Waals surface area (Å²) in [7, 11) is 1.77. The van der Waals surface area contributed by atoms with E-state index in [4.69, 9.17) is 4.74 Å². The Bertz CT molecular complexity index is 874. The fourth-order valence-corrected chi connectivity index (χ4v) is 3.44. The molecule has 2 aromatic heterocycles. The molecule has 144 valence electrons. The molecule has 4 rings (SSSR count). The van der Waals surface area contributed by atoms with Crippen LogP contribution in [0.2, 0.25) is 0 Å². The second-order valence-electron chi connectivity index (χ2n) is 6.47. The monoisotopic (exact) mass is 497 g/mol. The lowest BCUT2D eigenvalue weighted by molar-refractivity contribution is 0.296. The maximum atomic E-state index is 5.97.